The summed E-state index contributed by atoms with van der Waals surface area (Å²) in [5.41, 5.74) is 38.3. The monoisotopic (exact) mass is 1560 g/mol. The van der Waals surface area contributed by atoms with Gasteiger partial charge in [-0.2, -0.15) is 0 Å². The lowest BCUT2D eigenvalue weighted by molar-refractivity contribution is 0.836. The zero-order chi connectivity index (χ0) is 80.6. The van der Waals surface area contributed by atoms with Gasteiger partial charge >= 0.3 is 0 Å². The highest BCUT2D eigenvalue weighted by molar-refractivity contribution is 6.15. The third-order valence-electron chi connectivity index (χ3n) is 25.7. The minimum atomic E-state index is 0.622. The molecule has 0 N–H and O–H groups in total. The van der Waals surface area contributed by atoms with Crippen molar-refractivity contribution in [3.05, 3.63) is 429 Å². The molecular formula is C115H77N7. The number of hydrogen-bond acceptors (Lipinski definition) is 3. The maximum atomic E-state index is 5.05. The Hall–Kier alpha value is -15.8. The van der Waals surface area contributed by atoms with Crippen molar-refractivity contribution in [2.75, 3.05) is 0 Å². The third kappa shape index (κ3) is 11.7. The predicted octanol–water partition coefficient (Wildman–Crippen LogP) is 29.6. The number of nitrogens with zero attached hydrogens (tertiary/aromatic N) is 7. The second-order valence-electron chi connectivity index (χ2n) is 32.6. The van der Waals surface area contributed by atoms with Crippen LogP contribution in [0.2, 0.25) is 0 Å². The summed E-state index contributed by atoms with van der Waals surface area (Å²) in [7, 11) is 0. The Kier molecular flexibility index (Phi) is 16.4. The molecule has 5 aromatic heterocycles. The van der Waals surface area contributed by atoms with Gasteiger partial charge in [0.25, 0.3) is 0 Å². The van der Waals surface area contributed by atoms with Crippen LogP contribution in [0.15, 0.2) is 406 Å². The largest absolute Gasteiger partial charge is 0.309 e. The quantitative estimate of drug-likeness (QED) is 0.109. The van der Waals surface area contributed by atoms with Gasteiger partial charge in [-0.05, 0) is 272 Å². The zero-order valence-corrected chi connectivity index (χ0v) is 67.2. The molecule has 0 saturated carbocycles. The lowest BCUT2D eigenvalue weighted by Gasteiger charge is -2.20. The van der Waals surface area contributed by atoms with Gasteiger partial charge in [0.15, 0.2) is 17.5 Å². The van der Waals surface area contributed by atoms with Crippen molar-refractivity contribution in [3.63, 3.8) is 0 Å². The fourth-order valence-corrected chi connectivity index (χ4v) is 19.6. The van der Waals surface area contributed by atoms with Crippen molar-refractivity contribution in [2.45, 2.75) is 26.7 Å². The van der Waals surface area contributed by atoms with E-state index in [0.717, 1.165) is 112 Å². The number of para-hydroxylation sites is 4. The number of aromatic nitrogens is 7. The van der Waals surface area contributed by atoms with Crippen molar-refractivity contribution in [1.29, 1.82) is 0 Å². The third-order valence-corrected chi connectivity index (χ3v) is 25.7. The van der Waals surface area contributed by atoms with E-state index in [0.29, 0.717) is 17.5 Å². The topological polar surface area (TPSA) is 58.4 Å². The fraction of sp³-hybridized carbons (Fsp3) is 0.0348. The van der Waals surface area contributed by atoms with E-state index >= 15 is 0 Å². The van der Waals surface area contributed by atoms with E-state index in [-0.39, 0.29) is 0 Å². The Morgan fingerprint density at radius 1 is 0.172 bits per heavy atom. The van der Waals surface area contributed by atoms with E-state index in [1.807, 2.05) is 60.7 Å². The number of hydrogen-bond donors (Lipinski definition) is 0. The van der Waals surface area contributed by atoms with Crippen LogP contribution < -0.4 is 0 Å². The van der Waals surface area contributed by atoms with Crippen LogP contribution in [0.5, 0.6) is 0 Å². The molecule has 122 heavy (non-hydrogen) atoms. The maximum absolute atomic E-state index is 5.05. The van der Waals surface area contributed by atoms with Crippen molar-refractivity contribution >= 4 is 87.2 Å². The molecule has 18 aromatic carbocycles. The van der Waals surface area contributed by atoms with E-state index in [2.05, 4.69) is 378 Å². The second kappa shape index (κ2) is 28.5. The first-order chi connectivity index (χ1) is 60.3. The highest BCUT2D eigenvalue weighted by atomic mass is 15.0. The molecule has 24 rings (SSSR count). The van der Waals surface area contributed by atoms with Crippen molar-refractivity contribution in [2.24, 2.45) is 0 Å². The van der Waals surface area contributed by atoms with Gasteiger partial charge in [-0.3, -0.25) is 0 Å². The molecule has 0 aliphatic heterocycles. The van der Waals surface area contributed by atoms with Crippen LogP contribution in [0, 0.1) is 13.8 Å². The number of aryl methyl sites for hydroxylation is 2. The first kappa shape index (κ1) is 70.4. The average molecular weight is 1560 g/mol. The minimum absolute atomic E-state index is 0.622. The summed E-state index contributed by atoms with van der Waals surface area (Å²) in [5.74, 6) is 1.89. The number of fused-ring (bicyclic) bond motifs is 13. The van der Waals surface area contributed by atoms with Crippen molar-refractivity contribution < 1.29 is 0 Å². The molecule has 23 aromatic rings. The van der Waals surface area contributed by atoms with Gasteiger partial charge in [0.05, 0.1) is 44.1 Å². The van der Waals surface area contributed by atoms with E-state index in [4.69, 9.17) is 15.0 Å². The van der Waals surface area contributed by atoms with Crippen molar-refractivity contribution in [3.8, 4) is 135 Å². The van der Waals surface area contributed by atoms with Gasteiger partial charge in [-0.1, -0.05) is 261 Å². The van der Waals surface area contributed by atoms with Gasteiger partial charge in [0, 0.05) is 82.5 Å². The van der Waals surface area contributed by atoms with Crippen LogP contribution in [0.1, 0.15) is 22.3 Å². The van der Waals surface area contributed by atoms with Crippen LogP contribution in [-0.4, -0.2) is 33.2 Å². The first-order valence-electron chi connectivity index (χ1n) is 42.1. The van der Waals surface area contributed by atoms with Crippen LogP contribution in [-0.2, 0) is 12.8 Å². The molecule has 0 spiro atoms. The molecular weight excluding hydrogens is 1480 g/mol. The van der Waals surface area contributed by atoms with Gasteiger partial charge in [0.1, 0.15) is 0 Å². The molecule has 0 unspecified atom stereocenters. The highest BCUT2D eigenvalue weighted by Crippen LogP contribution is 2.47. The summed E-state index contributed by atoms with van der Waals surface area (Å²) in [5, 5.41) is 9.68. The van der Waals surface area contributed by atoms with E-state index in [9.17, 15) is 0 Å². The SMILES string of the molecule is Cc1c(-c2ccccc2)cccc1-c1cc(-c2cccc(-c3cc(-c4ccccc4)cc(-n4c5ccccc5c5cc(-c6ccc7c(c6)c6ccccc6n7-c6ccc(-c7nc(-c8ccccc8)nc(-c8ccccc8)n7)cc6)ccc54)c3)c2C)cc(-n2c3ccccc3c3cc(-c4ccc5c(c4)c4ccccc4n5-c4ccc5c(c4)CC5)ccc32)c1. The van der Waals surface area contributed by atoms with Crippen LogP contribution in [0.25, 0.3) is 222 Å². The molecule has 7 nitrogen and oxygen atoms in total. The summed E-state index contributed by atoms with van der Waals surface area (Å²) < 4.78 is 9.83. The first-order valence-corrected chi connectivity index (χ1v) is 42.1. The molecule has 5 heterocycles. The summed E-state index contributed by atoms with van der Waals surface area (Å²) in [6.45, 7) is 4.62. The Morgan fingerprint density at radius 2 is 0.459 bits per heavy atom. The number of benzene rings is 18. The smallest absolute Gasteiger partial charge is 0.164 e. The molecule has 1 aliphatic rings. The normalized spacial score (nSPS) is 12.1. The summed E-state index contributed by atoms with van der Waals surface area (Å²) in [6, 6.07) is 150. The molecule has 7 heteroatoms. The van der Waals surface area contributed by atoms with Gasteiger partial charge in [-0.25, -0.2) is 15.0 Å². The molecule has 0 fully saturated rings. The lowest BCUT2D eigenvalue weighted by atomic mass is 9.88. The lowest BCUT2D eigenvalue weighted by Crippen LogP contribution is -2.09. The molecule has 0 atom stereocenters. The van der Waals surface area contributed by atoms with E-state index in [1.54, 1.807) is 0 Å². The standard InChI is InChI=1S/C115H77N7/c1-72-93(76-27-9-4-10-28-76)37-23-38-94(72)87-62-88(67-92(66-87)122-108-44-22-18-36-100(108)104-71-84(53-60-112(104)122)82-51-58-110-102(69-82)98-34-16-20-42-106(98)120(110)90-56-47-75-45-46-80(75)63-90)96-40-24-39-95(73(96)2)86-61-85(74-25-7-3-8-26-74)64-91(65-86)121-107-43-21-17-35-99(107)103-70-83(52-59-111(103)121)81-50-57-109-101(68-81)97-33-15-19-41-105(97)119(109)89-54-48-79(49-55-89)115-117-113(77-29-11-5-12-30-77)116-114(118-115)78-31-13-6-14-32-78/h3-44,47-71H,45-46H2,1-2H3. The zero-order valence-electron chi connectivity index (χ0n) is 67.2. The molecule has 0 bridgehead atoms. The van der Waals surface area contributed by atoms with E-state index < -0.39 is 0 Å². The Bertz CT molecular complexity index is 8130. The molecule has 1 aliphatic carbocycles. The fourth-order valence-electron chi connectivity index (χ4n) is 19.6. The molecule has 0 saturated heterocycles. The van der Waals surface area contributed by atoms with E-state index in [1.165, 1.54) is 127 Å². The van der Waals surface area contributed by atoms with Gasteiger partial charge in [0.2, 0.25) is 0 Å². The minimum Gasteiger partial charge on any atom is -0.309 e. The summed E-state index contributed by atoms with van der Waals surface area (Å²) >= 11 is 0. The number of rotatable bonds is 14. The maximum Gasteiger partial charge on any atom is 0.164 e. The Labute approximate surface area is 705 Å². The van der Waals surface area contributed by atoms with Crippen LogP contribution in [0.4, 0.5) is 0 Å². The second-order valence-corrected chi connectivity index (χ2v) is 32.6. The van der Waals surface area contributed by atoms with Crippen molar-refractivity contribution in [1.82, 2.24) is 33.2 Å². The molecule has 0 amide bonds. The molecule has 0 radical (unpaired) electrons. The van der Waals surface area contributed by atoms with Gasteiger partial charge < -0.3 is 18.3 Å². The Balaban J connectivity index is 0.614. The van der Waals surface area contributed by atoms with Crippen LogP contribution >= 0.6 is 0 Å². The Morgan fingerprint density at radius 3 is 0.836 bits per heavy atom. The van der Waals surface area contributed by atoms with Crippen LogP contribution in [0.3, 0.4) is 0 Å². The van der Waals surface area contributed by atoms with Gasteiger partial charge in [-0.15, -0.1) is 0 Å². The molecule has 572 valence electrons. The predicted molar refractivity (Wildman–Crippen MR) is 508 cm³/mol. The summed E-state index contributed by atoms with van der Waals surface area (Å²) in [6.07, 6.45) is 2.31. The average Bonchev–Trinajstić information content (AvgIpc) is 1.58. The highest BCUT2D eigenvalue weighted by Gasteiger charge is 2.25. The summed E-state index contributed by atoms with van der Waals surface area (Å²) in [4.78, 5) is 15.1.